The Kier molecular flexibility index (Phi) is 5.98. The van der Waals surface area contributed by atoms with Gasteiger partial charge >= 0.3 is 0 Å². The molecule has 0 aromatic carbocycles. The minimum absolute atomic E-state index is 0.173. The third kappa shape index (κ3) is 4.35. The normalized spacial score (nSPS) is 24.1. The number of hydrogen-bond acceptors (Lipinski definition) is 2. The van der Waals surface area contributed by atoms with Gasteiger partial charge in [-0.05, 0) is 18.8 Å². The Hall–Kier alpha value is -1.09. The van der Waals surface area contributed by atoms with Gasteiger partial charge < -0.3 is 10.6 Å². The summed E-state index contributed by atoms with van der Waals surface area (Å²) in [6, 6.07) is 0.196. The molecular formula is C14H24N2O. The van der Waals surface area contributed by atoms with Crippen molar-refractivity contribution in [1.82, 2.24) is 4.90 Å². The predicted octanol–water partition coefficient (Wildman–Crippen LogP) is 2.09. The highest BCUT2D eigenvalue weighted by molar-refractivity contribution is 5.76. The van der Waals surface area contributed by atoms with Crippen LogP contribution >= 0.6 is 0 Å². The van der Waals surface area contributed by atoms with Crippen LogP contribution in [-0.4, -0.2) is 29.9 Å². The number of nitrogens with zero attached hydrogens (tertiary/aromatic N) is 1. The number of hydrogen-bond donors (Lipinski definition) is 1. The first-order valence-electron chi connectivity index (χ1n) is 6.44. The molecule has 2 N–H and O–H groups in total. The predicted molar refractivity (Wildman–Crippen MR) is 71.5 cm³/mol. The summed E-state index contributed by atoms with van der Waals surface area (Å²) in [4.78, 5) is 13.9. The SMILES string of the molecule is C=CCN(CC=C)C(=O)CC1CCCCC1N. The van der Waals surface area contributed by atoms with Crippen LogP contribution < -0.4 is 5.73 Å². The van der Waals surface area contributed by atoms with Crippen molar-refractivity contribution >= 4 is 5.91 Å². The number of amides is 1. The van der Waals surface area contributed by atoms with Crippen LogP contribution in [0.25, 0.3) is 0 Å². The highest BCUT2D eigenvalue weighted by Gasteiger charge is 2.25. The van der Waals surface area contributed by atoms with Crippen molar-refractivity contribution in [2.24, 2.45) is 11.7 Å². The van der Waals surface area contributed by atoms with E-state index >= 15 is 0 Å². The fourth-order valence-corrected chi connectivity index (χ4v) is 2.43. The number of carbonyl (C=O) groups excluding carboxylic acids is 1. The quantitative estimate of drug-likeness (QED) is 0.718. The van der Waals surface area contributed by atoms with Crippen molar-refractivity contribution in [2.45, 2.75) is 38.1 Å². The van der Waals surface area contributed by atoms with Gasteiger partial charge in [0, 0.05) is 25.6 Å². The van der Waals surface area contributed by atoms with E-state index in [1.54, 1.807) is 17.1 Å². The molecule has 2 atom stereocenters. The molecule has 3 nitrogen and oxygen atoms in total. The first-order valence-corrected chi connectivity index (χ1v) is 6.44. The lowest BCUT2D eigenvalue weighted by atomic mass is 9.83. The van der Waals surface area contributed by atoms with Crippen molar-refractivity contribution in [3.63, 3.8) is 0 Å². The maximum absolute atomic E-state index is 12.1. The maximum atomic E-state index is 12.1. The molecular weight excluding hydrogens is 212 g/mol. The third-order valence-electron chi connectivity index (χ3n) is 3.46. The van der Waals surface area contributed by atoms with Crippen molar-refractivity contribution in [1.29, 1.82) is 0 Å². The first kappa shape index (κ1) is 14.0. The Bertz CT molecular complexity index is 265. The molecule has 1 saturated carbocycles. The molecule has 0 bridgehead atoms. The summed E-state index contributed by atoms with van der Waals surface area (Å²) in [5.41, 5.74) is 6.06. The number of nitrogens with two attached hydrogens (primary N) is 1. The molecule has 2 unspecified atom stereocenters. The summed E-state index contributed by atoms with van der Waals surface area (Å²) in [5, 5.41) is 0. The van der Waals surface area contributed by atoms with Crippen molar-refractivity contribution < 1.29 is 4.79 Å². The van der Waals surface area contributed by atoms with E-state index in [2.05, 4.69) is 13.2 Å². The first-order chi connectivity index (χ1) is 8.19. The molecule has 1 aliphatic carbocycles. The van der Waals surface area contributed by atoms with Crippen molar-refractivity contribution in [3.8, 4) is 0 Å². The topological polar surface area (TPSA) is 46.3 Å². The van der Waals surface area contributed by atoms with E-state index in [-0.39, 0.29) is 11.9 Å². The van der Waals surface area contributed by atoms with Gasteiger partial charge in [0.05, 0.1) is 0 Å². The molecule has 1 aliphatic rings. The Morgan fingerprint density at radius 3 is 2.35 bits per heavy atom. The molecule has 0 heterocycles. The van der Waals surface area contributed by atoms with Crippen LogP contribution in [0.1, 0.15) is 32.1 Å². The Balaban J connectivity index is 2.49. The molecule has 96 valence electrons. The van der Waals surface area contributed by atoms with Crippen LogP contribution in [0, 0.1) is 5.92 Å². The molecule has 0 aromatic heterocycles. The van der Waals surface area contributed by atoms with Crippen molar-refractivity contribution in [2.75, 3.05) is 13.1 Å². The molecule has 0 saturated heterocycles. The smallest absolute Gasteiger partial charge is 0.223 e. The van der Waals surface area contributed by atoms with Crippen LogP contribution in [0.3, 0.4) is 0 Å². The van der Waals surface area contributed by atoms with Gasteiger partial charge in [0.1, 0.15) is 0 Å². The second-order valence-electron chi connectivity index (χ2n) is 4.79. The third-order valence-corrected chi connectivity index (χ3v) is 3.46. The van der Waals surface area contributed by atoms with Gasteiger partial charge in [0.15, 0.2) is 0 Å². The van der Waals surface area contributed by atoms with Gasteiger partial charge in [0.2, 0.25) is 5.91 Å². The van der Waals surface area contributed by atoms with Gasteiger partial charge in [-0.15, -0.1) is 13.2 Å². The second kappa shape index (κ2) is 7.28. The summed E-state index contributed by atoms with van der Waals surface area (Å²) >= 11 is 0. The zero-order valence-corrected chi connectivity index (χ0v) is 10.6. The fourth-order valence-electron chi connectivity index (χ4n) is 2.43. The largest absolute Gasteiger partial charge is 0.335 e. The molecule has 0 aromatic rings. The molecule has 17 heavy (non-hydrogen) atoms. The van der Waals surface area contributed by atoms with Crippen LogP contribution in [-0.2, 0) is 4.79 Å². The molecule has 0 spiro atoms. The monoisotopic (exact) mass is 236 g/mol. The van der Waals surface area contributed by atoms with Crippen LogP contribution in [0.4, 0.5) is 0 Å². The zero-order valence-electron chi connectivity index (χ0n) is 10.6. The molecule has 1 amide bonds. The van der Waals surface area contributed by atoms with Crippen LogP contribution in [0.5, 0.6) is 0 Å². The summed E-state index contributed by atoms with van der Waals surface area (Å²) < 4.78 is 0. The zero-order chi connectivity index (χ0) is 12.7. The summed E-state index contributed by atoms with van der Waals surface area (Å²) in [6.45, 7) is 8.53. The van der Waals surface area contributed by atoms with Gasteiger partial charge in [-0.25, -0.2) is 0 Å². The van der Waals surface area contributed by atoms with E-state index in [4.69, 9.17) is 5.73 Å². The fraction of sp³-hybridized carbons (Fsp3) is 0.643. The average molecular weight is 236 g/mol. The number of carbonyl (C=O) groups is 1. The van der Waals surface area contributed by atoms with Gasteiger partial charge in [-0.3, -0.25) is 4.79 Å². The van der Waals surface area contributed by atoms with E-state index in [0.717, 1.165) is 12.8 Å². The molecule has 1 fully saturated rings. The summed E-state index contributed by atoms with van der Waals surface area (Å²) in [6.07, 6.45) is 8.63. The lowest BCUT2D eigenvalue weighted by molar-refractivity contribution is -0.131. The van der Waals surface area contributed by atoms with Gasteiger partial charge in [-0.2, -0.15) is 0 Å². The summed E-state index contributed by atoms with van der Waals surface area (Å²) in [5.74, 6) is 0.528. The minimum Gasteiger partial charge on any atom is -0.335 e. The van der Waals surface area contributed by atoms with E-state index in [1.165, 1.54) is 12.8 Å². The van der Waals surface area contributed by atoms with Crippen molar-refractivity contribution in [3.05, 3.63) is 25.3 Å². The Labute approximate surface area is 104 Å². The lowest BCUT2D eigenvalue weighted by Crippen LogP contribution is -2.39. The Morgan fingerprint density at radius 1 is 1.24 bits per heavy atom. The molecule has 1 rings (SSSR count). The average Bonchev–Trinajstić information content (AvgIpc) is 2.32. The summed E-state index contributed by atoms with van der Waals surface area (Å²) in [7, 11) is 0. The van der Waals surface area contributed by atoms with Crippen LogP contribution in [0.15, 0.2) is 25.3 Å². The van der Waals surface area contributed by atoms with E-state index in [1.807, 2.05) is 0 Å². The maximum Gasteiger partial charge on any atom is 0.223 e. The minimum atomic E-state index is 0.173. The van der Waals surface area contributed by atoms with Gasteiger partial charge in [0.25, 0.3) is 0 Å². The molecule has 0 aliphatic heterocycles. The lowest BCUT2D eigenvalue weighted by Gasteiger charge is -2.30. The standard InChI is InChI=1S/C14H24N2O/c1-3-9-16(10-4-2)14(17)11-12-7-5-6-8-13(12)15/h3-4,12-13H,1-2,5-11,15H2. The second-order valence-corrected chi connectivity index (χ2v) is 4.79. The van der Waals surface area contributed by atoms with Gasteiger partial charge in [-0.1, -0.05) is 25.0 Å². The highest BCUT2D eigenvalue weighted by atomic mass is 16.2. The van der Waals surface area contributed by atoms with E-state index in [9.17, 15) is 4.79 Å². The van der Waals surface area contributed by atoms with E-state index < -0.39 is 0 Å². The molecule has 3 heteroatoms. The van der Waals surface area contributed by atoms with E-state index in [0.29, 0.717) is 25.4 Å². The highest BCUT2D eigenvalue weighted by Crippen LogP contribution is 2.26. The molecule has 0 radical (unpaired) electrons. The van der Waals surface area contributed by atoms with Crippen LogP contribution in [0.2, 0.25) is 0 Å². The number of rotatable bonds is 6. The Morgan fingerprint density at radius 2 is 1.82 bits per heavy atom.